The minimum absolute atomic E-state index is 0.348. The highest BCUT2D eigenvalue weighted by Crippen LogP contribution is 2.47. The predicted octanol–water partition coefficient (Wildman–Crippen LogP) is 6.15. The predicted molar refractivity (Wildman–Crippen MR) is 115 cm³/mol. The summed E-state index contributed by atoms with van der Waals surface area (Å²) in [5, 5.41) is 10.5. The lowest BCUT2D eigenvalue weighted by molar-refractivity contribution is -0.0911. The molecule has 27 heavy (non-hydrogen) atoms. The molecule has 3 atom stereocenters. The van der Waals surface area contributed by atoms with Crippen molar-refractivity contribution < 1.29 is 9.76 Å². The lowest BCUT2D eigenvalue weighted by atomic mass is 9.56. The highest BCUT2D eigenvalue weighted by molar-refractivity contribution is 6.31. The summed E-state index contributed by atoms with van der Waals surface area (Å²) >= 11 is 0. The van der Waals surface area contributed by atoms with Gasteiger partial charge in [0.05, 0.1) is 11.2 Å². The van der Waals surface area contributed by atoms with E-state index >= 15 is 0 Å². The molecule has 0 aromatic heterocycles. The molecule has 0 aliphatic heterocycles. The molecule has 0 aromatic carbocycles. The van der Waals surface area contributed by atoms with E-state index in [2.05, 4.69) is 31.8 Å². The minimum atomic E-state index is -0.880. The van der Waals surface area contributed by atoms with Crippen LogP contribution in [0.4, 0.5) is 0 Å². The minimum Gasteiger partial charge on any atom is -0.432 e. The number of rotatable bonds is 6. The first kappa shape index (κ1) is 20.9. The van der Waals surface area contributed by atoms with Crippen LogP contribution in [-0.4, -0.2) is 23.8 Å². The van der Waals surface area contributed by atoms with Gasteiger partial charge in [0.25, 0.3) is 0 Å². The molecule has 0 heterocycles. The van der Waals surface area contributed by atoms with Crippen molar-refractivity contribution in [2.45, 2.75) is 103 Å². The zero-order valence-corrected chi connectivity index (χ0v) is 17.8. The fourth-order valence-corrected chi connectivity index (χ4v) is 4.69. The first-order chi connectivity index (χ1) is 12.8. The van der Waals surface area contributed by atoms with Gasteiger partial charge in [0.1, 0.15) is 0 Å². The highest BCUT2D eigenvalue weighted by atomic mass is 16.5. The number of hydrogen-bond acceptors (Lipinski definition) is 2. The van der Waals surface area contributed by atoms with Crippen LogP contribution >= 0.6 is 0 Å². The SMILES string of the molecule is CC(C)(O)C(C)(C)O[B]C1C(C2CC=CCC2)=CCCC1C1=CCCCC1. The fraction of sp³-hybridized carbons (Fsp3) is 0.750. The lowest BCUT2D eigenvalue weighted by Gasteiger charge is -2.42. The first-order valence-electron chi connectivity index (χ1n) is 11.1. The summed E-state index contributed by atoms with van der Waals surface area (Å²) in [6, 6.07) is 0. The van der Waals surface area contributed by atoms with Crippen LogP contribution in [-0.2, 0) is 4.65 Å². The molecule has 0 bridgehead atoms. The largest absolute Gasteiger partial charge is 0.432 e. The van der Waals surface area contributed by atoms with Crippen LogP contribution in [0.15, 0.2) is 35.5 Å². The van der Waals surface area contributed by atoms with Gasteiger partial charge in [-0.25, -0.2) is 0 Å². The highest BCUT2D eigenvalue weighted by Gasteiger charge is 2.40. The smallest absolute Gasteiger partial charge is 0.301 e. The monoisotopic (exact) mass is 369 g/mol. The average Bonchev–Trinajstić information content (AvgIpc) is 2.66. The normalized spacial score (nSPS) is 29.9. The van der Waals surface area contributed by atoms with Crippen LogP contribution in [0.1, 0.15) is 85.5 Å². The zero-order chi connectivity index (χ0) is 19.5. The van der Waals surface area contributed by atoms with Crippen LogP contribution in [0.25, 0.3) is 0 Å². The quantitative estimate of drug-likeness (QED) is 0.449. The van der Waals surface area contributed by atoms with Crippen molar-refractivity contribution in [2.75, 3.05) is 0 Å². The fourth-order valence-electron chi connectivity index (χ4n) is 4.69. The number of allylic oxidation sites excluding steroid dienone is 6. The van der Waals surface area contributed by atoms with Gasteiger partial charge in [0.2, 0.25) is 0 Å². The summed E-state index contributed by atoms with van der Waals surface area (Å²) in [6.45, 7) is 7.67. The maximum Gasteiger partial charge on any atom is 0.301 e. The van der Waals surface area contributed by atoms with Gasteiger partial charge >= 0.3 is 7.48 Å². The maximum absolute atomic E-state index is 10.5. The molecule has 2 nitrogen and oxygen atoms in total. The topological polar surface area (TPSA) is 29.5 Å². The molecule has 3 heteroatoms. The van der Waals surface area contributed by atoms with Crippen LogP contribution in [0.3, 0.4) is 0 Å². The Morgan fingerprint density at radius 2 is 1.81 bits per heavy atom. The third-order valence-corrected chi connectivity index (χ3v) is 7.20. The first-order valence-corrected chi connectivity index (χ1v) is 11.1. The van der Waals surface area contributed by atoms with Crippen LogP contribution in [0.5, 0.6) is 0 Å². The van der Waals surface area contributed by atoms with Crippen LogP contribution < -0.4 is 0 Å². The summed E-state index contributed by atoms with van der Waals surface area (Å²) in [5.41, 5.74) is 1.76. The van der Waals surface area contributed by atoms with E-state index in [0.717, 1.165) is 6.42 Å². The average molecular weight is 369 g/mol. The number of hydrogen-bond donors (Lipinski definition) is 1. The standard InChI is InChI=1S/C24H38BO2/c1-23(2,26)24(3,4)27-25-22-20(18-12-7-5-8-13-18)16-11-17-21(22)19-14-9-6-10-15-19/h5,7,14,16,18,21-22,26H,6,8-13,15,17H2,1-4H3. The van der Waals surface area contributed by atoms with E-state index in [1.54, 1.807) is 11.1 Å². The summed E-state index contributed by atoms with van der Waals surface area (Å²) in [7, 11) is 2.10. The Kier molecular flexibility index (Phi) is 6.74. The molecule has 149 valence electrons. The van der Waals surface area contributed by atoms with Crippen molar-refractivity contribution in [2.24, 2.45) is 11.8 Å². The second kappa shape index (κ2) is 8.70. The third kappa shape index (κ3) is 4.98. The molecule has 3 aliphatic rings. The van der Waals surface area contributed by atoms with Gasteiger partial charge in [0, 0.05) is 0 Å². The second-order valence-corrected chi connectivity index (χ2v) is 9.74. The zero-order valence-electron chi connectivity index (χ0n) is 17.8. The molecule has 0 spiro atoms. The van der Waals surface area contributed by atoms with E-state index in [4.69, 9.17) is 4.65 Å². The molecule has 1 N–H and O–H groups in total. The van der Waals surface area contributed by atoms with Gasteiger partial charge in [-0.1, -0.05) is 35.5 Å². The molecule has 1 radical (unpaired) electrons. The summed E-state index contributed by atoms with van der Waals surface area (Å²) in [4.78, 5) is 0. The molecular formula is C24H38BO2. The molecular weight excluding hydrogens is 331 g/mol. The van der Waals surface area contributed by atoms with Crippen molar-refractivity contribution in [1.82, 2.24) is 0 Å². The van der Waals surface area contributed by atoms with Gasteiger partial charge in [-0.2, -0.15) is 0 Å². The van der Waals surface area contributed by atoms with Gasteiger partial charge in [-0.05, 0) is 103 Å². The van der Waals surface area contributed by atoms with Gasteiger partial charge < -0.3 is 9.76 Å². The molecule has 0 saturated carbocycles. The van der Waals surface area contributed by atoms with E-state index in [9.17, 15) is 5.11 Å². The molecule has 3 unspecified atom stereocenters. The van der Waals surface area contributed by atoms with E-state index in [0.29, 0.717) is 17.7 Å². The Bertz CT molecular complexity index is 594. The summed E-state index contributed by atoms with van der Waals surface area (Å²) in [5.74, 6) is 1.58. The number of aliphatic hydroxyl groups is 1. The Morgan fingerprint density at radius 3 is 2.44 bits per heavy atom. The molecule has 3 aliphatic carbocycles. The van der Waals surface area contributed by atoms with Crippen molar-refractivity contribution in [1.29, 1.82) is 0 Å². The Morgan fingerprint density at radius 1 is 1.00 bits per heavy atom. The summed E-state index contributed by atoms with van der Waals surface area (Å²) < 4.78 is 6.31. The molecule has 0 aromatic rings. The molecule has 0 amide bonds. The van der Waals surface area contributed by atoms with Gasteiger partial charge in [-0.3, -0.25) is 0 Å². The third-order valence-electron chi connectivity index (χ3n) is 7.20. The van der Waals surface area contributed by atoms with Gasteiger partial charge in [0.15, 0.2) is 0 Å². The van der Waals surface area contributed by atoms with E-state index in [-0.39, 0.29) is 0 Å². The molecule has 0 fully saturated rings. The van der Waals surface area contributed by atoms with E-state index < -0.39 is 11.2 Å². The van der Waals surface area contributed by atoms with Gasteiger partial charge in [-0.15, -0.1) is 0 Å². The summed E-state index contributed by atoms with van der Waals surface area (Å²) in [6.07, 6.45) is 20.9. The Hall–Kier alpha value is -0.795. The molecule has 0 saturated heterocycles. The van der Waals surface area contributed by atoms with Crippen molar-refractivity contribution in [3.8, 4) is 0 Å². The Balaban J connectivity index is 1.82. The van der Waals surface area contributed by atoms with Crippen molar-refractivity contribution in [3.05, 3.63) is 35.5 Å². The lowest BCUT2D eigenvalue weighted by Crippen LogP contribution is -2.49. The van der Waals surface area contributed by atoms with Crippen molar-refractivity contribution in [3.63, 3.8) is 0 Å². The van der Waals surface area contributed by atoms with Crippen LogP contribution in [0.2, 0.25) is 5.82 Å². The molecule has 3 rings (SSSR count). The van der Waals surface area contributed by atoms with E-state index in [1.807, 2.05) is 27.7 Å². The Labute approximate surface area is 167 Å². The van der Waals surface area contributed by atoms with E-state index in [1.165, 1.54) is 51.4 Å². The van der Waals surface area contributed by atoms with Crippen molar-refractivity contribution >= 4 is 7.48 Å². The van der Waals surface area contributed by atoms with Crippen LogP contribution in [0, 0.1) is 11.8 Å². The maximum atomic E-state index is 10.5. The second-order valence-electron chi connectivity index (χ2n) is 9.74.